The number of para-hydroxylation sites is 1. The van der Waals surface area contributed by atoms with Gasteiger partial charge in [-0.15, -0.1) is 11.3 Å². The fourth-order valence-corrected chi connectivity index (χ4v) is 8.85. The lowest BCUT2D eigenvalue weighted by molar-refractivity contribution is 0.669. The SMILES string of the molecule is c1ccc2cc(-c3nc(-c4cccc5c4sc4ccccc45)nc(-c4c(-c5ccc6ccccc6c5)ccc5oc6ccccc6c45)n3)ccc2c1. The van der Waals surface area contributed by atoms with Crippen LogP contribution in [0.5, 0.6) is 0 Å². The van der Waals surface area contributed by atoms with Gasteiger partial charge in [0.05, 0.1) is 0 Å². The first-order valence-electron chi connectivity index (χ1n) is 17.3. The molecular formula is C47H27N3OS. The molecule has 0 N–H and O–H groups in total. The van der Waals surface area contributed by atoms with E-state index in [1.54, 1.807) is 11.3 Å². The molecule has 0 amide bonds. The van der Waals surface area contributed by atoms with Crippen molar-refractivity contribution in [3.8, 4) is 45.3 Å². The molecule has 3 aromatic heterocycles. The van der Waals surface area contributed by atoms with Gasteiger partial charge in [0.25, 0.3) is 0 Å². The summed E-state index contributed by atoms with van der Waals surface area (Å²) in [5.74, 6) is 1.87. The van der Waals surface area contributed by atoms with Crippen LogP contribution in [0.2, 0.25) is 0 Å². The second-order valence-electron chi connectivity index (χ2n) is 13.2. The van der Waals surface area contributed by atoms with Crippen LogP contribution in [0, 0.1) is 0 Å². The molecule has 3 heterocycles. The molecule has 0 fully saturated rings. The van der Waals surface area contributed by atoms with E-state index in [-0.39, 0.29) is 0 Å². The number of hydrogen-bond donors (Lipinski definition) is 0. The Kier molecular flexibility index (Phi) is 6.39. The fourth-order valence-electron chi connectivity index (χ4n) is 7.64. The Bertz CT molecular complexity index is 3210. The second kappa shape index (κ2) is 11.4. The van der Waals surface area contributed by atoms with Gasteiger partial charge in [0.2, 0.25) is 0 Å². The minimum Gasteiger partial charge on any atom is -0.456 e. The summed E-state index contributed by atoms with van der Waals surface area (Å²) in [7, 11) is 0. The third-order valence-corrected chi connectivity index (χ3v) is 11.3. The number of hydrogen-bond acceptors (Lipinski definition) is 5. The molecule has 0 aliphatic rings. The van der Waals surface area contributed by atoms with Crippen LogP contribution in [0.25, 0.3) is 109 Å². The van der Waals surface area contributed by atoms with Crippen molar-refractivity contribution in [2.75, 3.05) is 0 Å². The molecule has 0 unspecified atom stereocenters. The highest BCUT2D eigenvalue weighted by molar-refractivity contribution is 7.26. The largest absolute Gasteiger partial charge is 0.456 e. The predicted octanol–water partition coefficient (Wildman–Crippen LogP) is 13.1. The lowest BCUT2D eigenvalue weighted by atomic mass is 9.93. The highest BCUT2D eigenvalue weighted by atomic mass is 32.1. The van der Waals surface area contributed by atoms with Gasteiger partial charge in [-0.05, 0) is 75.1 Å². The third kappa shape index (κ3) is 4.57. The third-order valence-electron chi connectivity index (χ3n) is 10.1. The van der Waals surface area contributed by atoms with E-state index in [0.717, 1.165) is 59.8 Å². The average Bonchev–Trinajstić information content (AvgIpc) is 3.78. The van der Waals surface area contributed by atoms with Gasteiger partial charge in [0.15, 0.2) is 17.5 Å². The fraction of sp³-hybridized carbons (Fsp3) is 0. The molecule has 8 aromatic carbocycles. The highest BCUT2D eigenvalue weighted by Gasteiger charge is 2.23. The zero-order valence-electron chi connectivity index (χ0n) is 27.7. The van der Waals surface area contributed by atoms with Gasteiger partial charge >= 0.3 is 0 Å². The van der Waals surface area contributed by atoms with Crippen LogP contribution in [0.1, 0.15) is 0 Å². The van der Waals surface area contributed by atoms with Gasteiger partial charge in [0.1, 0.15) is 11.2 Å². The van der Waals surface area contributed by atoms with Crippen LogP contribution in [-0.4, -0.2) is 15.0 Å². The first-order chi connectivity index (χ1) is 25.7. The van der Waals surface area contributed by atoms with Gasteiger partial charge in [0, 0.05) is 47.6 Å². The molecule has 4 nitrogen and oxygen atoms in total. The van der Waals surface area contributed by atoms with Gasteiger partial charge in [-0.25, -0.2) is 15.0 Å². The van der Waals surface area contributed by atoms with Gasteiger partial charge < -0.3 is 4.42 Å². The van der Waals surface area contributed by atoms with Crippen molar-refractivity contribution in [3.05, 3.63) is 164 Å². The van der Waals surface area contributed by atoms with E-state index in [4.69, 9.17) is 19.4 Å². The Morgan fingerprint density at radius 3 is 1.87 bits per heavy atom. The Morgan fingerprint density at radius 2 is 1.04 bits per heavy atom. The van der Waals surface area contributed by atoms with Crippen molar-refractivity contribution in [2.24, 2.45) is 0 Å². The smallest absolute Gasteiger partial charge is 0.165 e. The van der Waals surface area contributed by atoms with E-state index in [9.17, 15) is 0 Å². The lowest BCUT2D eigenvalue weighted by Crippen LogP contribution is -2.02. The Balaban J connectivity index is 1.25. The Labute approximate surface area is 302 Å². The minimum atomic E-state index is 0.603. The first kappa shape index (κ1) is 29.1. The van der Waals surface area contributed by atoms with E-state index in [1.165, 1.54) is 31.6 Å². The van der Waals surface area contributed by atoms with Gasteiger partial charge in [-0.3, -0.25) is 0 Å². The molecule has 0 aliphatic heterocycles. The topological polar surface area (TPSA) is 51.8 Å². The zero-order chi connectivity index (χ0) is 34.2. The van der Waals surface area contributed by atoms with Crippen molar-refractivity contribution >= 4 is 75.0 Å². The Hall–Kier alpha value is -6.69. The molecule has 5 heteroatoms. The summed E-state index contributed by atoms with van der Waals surface area (Å²) in [6, 6.07) is 57.4. The molecule has 0 radical (unpaired) electrons. The molecule has 11 aromatic rings. The van der Waals surface area contributed by atoms with E-state index >= 15 is 0 Å². The molecule has 0 aliphatic carbocycles. The maximum Gasteiger partial charge on any atom is 0.165 e. The molecule has 242 valence electrons. The molecule has 0 saturated heterocycles. The van der Waals surface area contributed by atoms with Crippen LogP contribution < -0.4 is 0 Å². The highest BCUT2D eigenvalue weighted by Crippen LogP contribution is 2.44. The number of furan rings is 1. The summed E-state index contributed by atoms with van der Waals surface area (Å²) < 4.78 is 8.87. The summed E-state index contributed by atoms with van der Waals surface area (Å²) >= 11 is 1.78. The molecule has 11 rings (SSSR count). The molecule has 52 heavy (non-hydrogen) atoms. The number of rotatable bonds is 4. The van der Waals surface area contributed by atoms with Crippen LogP contribution in [-0.2, 0) is 0 Å². The molecular weight excluding hydrogens is 655 g/mol. The number of benzene rings is 8. The molecule has 0 atom stereocenters. The number of aromatic nitrogens is 3. The van der Waals surface area contributed by atoms with Gasteiger partial charge in [-0.2, -0.15) is 0 Å². The van der Waals surface area contributed by atoms with Crippen LogP contribution in [0.3, 0.4) is 0 Å². The number of nitrogens with zero attached hydrogens (tertiary/aromatic N) is 3. The van der Waals surface area contributed by atoms with Crippen molar-refractivity contribution in [1.82, 2.24) is 15.0 Å². The maximum atomic E-state index is 6.48. The first-order valence-corrected chi connectivity index (χ1v) is 18.2. The van der Waals surface area contributed by atoms with E-state index < -0.39 is 0 Å². The monoisotopic (exact) mass is 681 g/mol. The Morgan fingerprint density at radius 1 is 0.404 bits per heavy atom. The average molecular weight is 682 g/mol. The van der Waals surface area contributed by atoms with Crippen LogP contribution in [0.15, 0.2) is 168 Å². The summed E-state index contributed by atoms with van der Waals surface area (Å²) in [4.78, 5) is 16.0. The van der Waals surface area contributed by atoms with Crippen LogP contribution >= 0.6 is 11.3 Å². The predicted molar refractivity (Wildman–Crippen MR) is 217 cm³/mol. The van der Waals surface area contributed by atoms with E-state index in [2.05, 4.69) is 152 Å². The zero-order valence-corrected chi connectivity index (χ0v) is 28.6. The standard InChI is InChI=1S/C47H27N3OS/c1-3-12-30-26-32(22-20-28(30)10-1)34-24-25-40-42(37-15-5-7-18-39(37)51-40)43(34)47-49-45(33-23-21-29-11-2-4-13-31(29)27-33)48-46(50-47)38-17-9-16-36-35-14-6-8-19-41(35)52-44(36)38/h1-27H. The maximum absolute atomic E-state index is 6.48. The normalized spacial score (nSPS) is 11.8. The molecule has 0 saturated carbocycles. The summed E-state index contributed by atoms with van der Waals surface area (Å²) in [6.07, 6.45) is 0. The van der Waals surface area contributed by atoms with Crippen LogP contribution in [0.4, 0.5) is 0 Å². The summed E-state index contributed by atoms with van der Waals surface area (Å²) in [5, 5.41) is 9.12. The van der Waals surface area contributed by atoms with E-state index in [0.29, 0.717) is 17.5 Å². The quantitative estimate of drug-likeness (QED) is 0.185. The number of thiophene rings is 1. The van der Waals surface area contributed by atoms with Gasteiger partial charge in [-0.1, -0.05) is 121 Å². The lowest BCUT2D eigenvalue weighted by Gasteiger charge is -2.14. The summed E-state index contributed by atoms with van der Waals surface area (Å²) in [5.41, 5.74) is 6.58. The second-order valence-corrected chi connectivity index (χ2v) is 14.2. The molecule has 0 bridgehead atoms. The summed E-state index contributed by atoms with van der Waals surface area (Å²) in [6.45, 7) is 0. The van der Waals surface area contributed by atoms with Crippen molar-refractivity contribution in [2.45, 2.75) is 0 Å². The minimum absolute atomic E-state index is 0.603. The number of fused-ring (bicyclic) bond motifs is 8. The molecule has 0 spiro atoms. The van der Waals surface area contributed by atoms with Crippen molar-refractivity contribution in [1.29, 1.82) is 0 Å². The van der Waals surface area contributed by atoms with E-state index in [1.807, 2.05) is 12.1 Å². The van der Waals surface area contributed by atoms with Crippen molar-refractivity contribution < 1.29 is 4.42 Å². The van der Waals surface area contributed by atoms with Crippen molar-refractivity contribution in [3.63, 3.8) is 0 Å².